The molecule has 0 unspecified atom stereocenters. The summed E-state index contributed by atoms with van der Waals surface area (Å²) in [7, 11) is 0. The Morgan fingerprint density at radius 1 is 0.917 bits per heavy atom. The quantitative estimate of drug-likeness (QED) is 0.666. The summed E-state index contributed by atoms with van der Waals surface area (Å²) < 4.78 is 0. The molecule has 4 heteroatoms. The van der Waals surface area contributed by atoms with Gasteiger partial charge in [0.25, 0.3) is 0 Å². The lowest BCUT2D eigenvalue weighted by molar-refractivity contribution is 0.462. The SMILES string of the molecule is Clc1cccc(-c2nc(NC3CCCCC3)c3ccccc3n2)c1. The highest BCUT2D eigenvalue weighted by atomic mass is 35.5. The molecular weight excluding hydrogens is 318 g/mol. The molecule has 0 atom stereocenters. The van der Waals surface area contributed by atoms with Crippen molar-refractivity contribution in [3.63, 3.8) is 0 Å². The van der Waals surface area contributed by atoms with E-state index >= 15 is 0 Å². The van der Waals surface area contributed by atoms with E-state index in [4.69, 9.17) is 21.6 Å². The molecule has 1 heterocycles. The van der Waals surface area contributed by atoms with Crippen LogP contribution in [-0.4, -0.2) is 16.0 Å². The van der Waals surface area contributed by atoms with E-state index < -0.39 is 0 Å². The van der Waals surface area contributed by atoms with Crippen molar-refractivity contribution >= 4 is 28.3 Å². The van der Waals surface area contributed by atoms with Crippen LogP contribution in [0.25, 0.3) is 22.3 Å². The average molecular weight is 338 g/mol. The Kier molecular flexibility index (Phi) is 4.35. The number of hydrogen-bond acceptors (Lipinski definition) is 3. The predicted molar refractivity (Wildman–Crippen MR) is 100 cm³/mol. The third-order valence-corrected chi connectivity index (χ3v) is 4.87. The first-order valence-corrected chi connectivity index (χ1v) is 8.97. The van der Waals surface area contributed by atoms with Crippen molar-refractivity contribution in [1.82, 2.24) is 9.97 Å². The fourth-order valence-corrected chi connectivity index (χ4v) is 3.57. The maximum atomic E-state index is 6.14. The second-order valence-electron chi connectivity index (χ2n) is 6.40. The molecule has 0 bridgehead atoms. The van der Waals surface area contributed by atoms with Crippen molar-refractivity contribution in [3.8, 4) is 11.4 Å². The monoisotopic (exact) mass is 337 g/mol. The Labute approximate surface area is 147 Å². The van der Waals surface area contributed by atoms with Crippen LogP contribution in [0, 0.1) is 0 Å². The van der Waals surface area contributed by atoms with Crippen LogP contribution in [0.3, 0.4) is 0 Å². The zero-order valence-electron chi connectivity index (χ0n) is 13.5. The van der Waals surface area contributed by atoms with Crippen LogP contribution in [0.2, 0.25) is 5.02 Å². The van der Waals surface area contributed by atoms with E-state index in [0.717, 1.165) is 28.1 Å². The smallest absolute Gasteiger partial charge is 0.162 e. The minimum Gasteiger partial charge on any atom is -0.367 e. The van der Waals surface area contributed by atoms with Crippen molar-refractivity contribution in [2.24, 2.45) is 0 Å². The molecule has 24 heavy (non-hydrogen) atoms. The van der Waals surface area contributed by atoms with Gasteiger partial charge in [0.15, 0.2) is 5.82 Å². The topological polar surface area (TPSA) is 37.8 Å². The minimum absolute atomic E-state index is 0.504. The van der Waals surface area contributed by atoms with E-state index in [1.807, 2.05) is 42.5 Å². The van der Waals surface area contributed by atoms with Crippen LogP contribution >= 0.6 is 11.6 Å². The van der Waals surface area contributed by atoms with E-state index in [-0.39, 0.29) is 0 Å². The normalized spacial score (nSPS) is 15.5. The molecule has 1 aromatic heterocycles. The summed E-state index contributed by atoms with van der Waals surface area (Å²) in [5, 5.41) is 5.44. The molecule has 4 rings (SSSR count). The largest absolute Gasteiger partial charge is 0.367 e. The second kappa shape index (κ2) is 6.78. The van der Waals surface area contributed by atoms with Gasteiger partial charge in [-0.3, -0.25) is 0 Å². The third-order valence-electron chi connectivity index (χ3n) is 4.63. The van der Waals surface area contributed by atoms with Crippen LogP contribution in [0.15, 0.2) is 48.5 Å². The highest BCUT2D eigenvalue weighted by Crippen LogP contribution is 2.28. The summed E-state index contributed by atoms with van der Waals surface area (Å²) in [5.74, 6) is 1.65. The summed E-state index contributed by atoms with van der Waals surface area (Å²) >= 11 is 6.14. The van der Waals surface area contributed by atoms with Gasteiger partial charge in [0.2, 0.25) is 0 Å². The molecule has 2 aromatic carbocycles. The van der Waals surface area contributed by atoms with Gasteiger partial charge in [-0.05, 0) is 37.1 Å². The maximum absolute atomic E-state index is 6.14. The van der Waals surface area contributed by atoms with Crippen molar-refractivity contribution in [2.75, 3.05) is 5.32 Å². The van der Waals surface area contributed by atoms with Gasteiger partial charge in [-0.25, -0.2) is 9.97 Å². The van der Waals surface area contributed by atoms with E-state index in [2.05, 4.69) is 11.4 Å². The zero-order chi connectivity index (χ0) is 16.4. The number of anilines is 1. The molecule has 0 radical (unpaired) electrons. The van der Waals surface area contributed by atoms with Crippen LogP contribution in [0.1, 0.15) is 32.1 Å². The van der Waals surface area contributed by atoms with Gasteiger partial charge in [-0.15, -0.1) is 0 Å². The third kappa shape index (κ3) is 3.22. The second-order valence-corrected chi connectivity index (χ2v) is 6.84. The van der Waals surface area contributed by atoms with Gasteiger partial charge in [-0.2, -0.15) is 0 Å². The van der Waals surface area contributed by atoms with E-state index in [0.29, 0.717) is 11.1 Å². The average Bonchev–Trinajstić information content (AvgIpc) is 2.62. The Balaban J connectivity index is 1.78. The lowest BCUT2D eigenvalue weighted by atomic mass is 9.95. The predicted octanol–water partition coefficient (Wildman–Crippen LogP) is 5.69. The van der Waals surface area contributed by atoms with Gasteiger partial charge in [-0.1, -0.05) is 55.1 Å². The standard InChI is InChI=1S/C20H20ClN3/c21-15-8-6-7-14(13-15)19-23-18-12-5-4-11-17(18)20(24-19)22-16-9-2-1-3-10-16/h4-8,11-13,16H,1-3,9-10H2,(H,22,23,24). The van der Waals surface area contributed by atoms with Crippen LogP contribution < -0.4 is 5.32 Å². The van der Waals surface area contributed by atoms with Gasteiger partial charge in [0.1, 0.15) is 5.82 Å². The van der Waals surface area contributed by atoms with Crippen molar-refractivity contribution < 1.29 is 0 Å². The van der Waals surface area contributed by atoms with Crippen LogP contribution in [-0.2, 0) is 0 Å². The fraction of sp³-hybridized carbons (Fsp3) is 0.300. The number of para-hydroxylation sites is 1. The number of rotatable bonds is 3. The van der Waals surface area contributed by atoms with Gasteiger partial charge in [0, 0.05) is 22.0 Å². The molecule has 3 aromatic rings. The highest BCUT2D eigenvalue weighted by molar-refractivity contribution is 6.30. The van der Waals surface area contributed by atoms with Gasteiger partial charge >= 0.3 is 0 Å². The molecule has 3 nitrogen and oxygen atoms in total. The first-order valence-electron chi connectivity index (χ1n) is 8.59. The summed E-state index contributed by atoms with van der Waals surface area (Å²) in [6.07, 6.45) is 6.36. The van der Waals surface area contributed by atoms with Crippen LogP contribution in [0.5, 0.6) is 0 Å². The minimum atomic E-state index is 0.504. The molecule has 1 saturated carbocycles. The molecule has 0 amide bonds. The molecule has 0 spiro atoms. The molecule has 0 saturated heterocycles. The van der Waals surface area contributed by atoms with Crippen molar-refractivity contribution in [3.05, 3.63) is 53.6 Å². The number of benzene rings is 2. The number of halogens is 1. The molecule has 0 aliphatic heterocycles. The number of nitrogens with zero attached hydrogens (tertiary/aromatic N) is 2. The number of aromatic nitrogens is 2. The molecule has 122 valence electrons. The number of nitrogens with one attached hydrogen (secondary N) is 1. The summed E-state index contributed by atoms with van der Waals surface area (Å²) in [5.41, 5.74) is 1.90. The molecule has 1 N–H and O–H groups in total. The molecule has 1 fully saturated rings. The number of fused-ring (bicyclic) bond motifs is 1. The van der Waals surface area contributed by atoms with Gasteiger partial charge < -0.3 is 5.32 Å². The van der Waals surface area contributed by atoms with E-state index in [1.165, 1.54) is 32.1 Å². The van der Waals surface area contributed by atoms with E-state index in [1.54, 1.807) is 0 Å². The van der Waals surface area contributed by atoms with Crippen molar-refractivity contribution in [2.45, 2.75) is 38.1 Å². The summed E-state index contributed by atoms with van der Waals surface area (Å²) in [6.45, 7) is 0. The summed E-state index contributed by atoms with van der Waals surface area (Å²) in [4.78, 5) is 9.56. The maximum Gasteiger partial charge on any atom is 0.162 e. The lowest BCUT2D eigenvalue weighted by Crippen LogP contribution is -2.23. The fourth-order valence-electron chi connectivity index (χ4n) is 3.38. The first kappa shape index (κ1) is 15.4. The summed E-state index contributed by atoms with van der Waals surface area (Å²) in [6, 6.07) is 16.4. The molecular formula is C20H20ClN3. The Hall–Kier alpha value is -2.13. The highest BCUT2D eigenvalue weighted by Gasteiger charge is 2.16. The Morgan fingerprint density at radius 2 is 1.75 bits per heavy atom. The first-order chi connectivity index (χ1) is 11.8. The molecule has 1 aliphatic rings. The van der Waals surface area contributed by atoms with Gasteiger partial charge in [0.05, 0.1) is 5.52 Å². The van der Waals surface area contributed by atoms with Crippen molar-refractivity contribution in [1.29, 1.82) is 0 Å². The zero-order valence-corrected chi connectivity index (χ0v) is 14.3. The van der Waals surface area contributed by atoms with Crippen LogP contribution in [0.4, 0.5) is 5.82 Å². The lowest BCUT2D eigenvalue weighted by Gasteiger charge is -2.24. The Morgan fingerprint density at radius 3 is 2.58 bits per heavy atom. The Bertz CT molecular complexity index is 856. The van der Waals surface area contributed by atoms with E-state index in [9.17, 15) is 0 Å². The molecule has 1 aliphatic carbocycles. The number of hydrogen-bond donors (Lipinski definition) is 1.